The third-order valence-electron chi connectivity index (χ3n) is 5.10. The molecule has 0 amide bonds. The third kappa shape index (κ3) is 3.88. The molecule has 0 spiro atoms. The van der Waals surface area contributed by atoms with Crippen LogP contribution in [0.4, 0.5) is 13.2 Å². The molecule has 1 aromatic heterocycles. The lowest BCUT2D eigenvalue weighted by Crippen LogP contribution is -2.33. The molecule has 0 saturated carbocycles. The highest BCUT2D eigenvalue weighted by Crippen LogP contribution is 2.38. The Kier molecular flexibility index (Phi) is 5.21. The van der Waals surface area contributed by atoms with Gasteiger partial charge in [0.2, 0.25) is 0 Å². The number of rotatable bonds is 3. The second-order valence-corrected chi connectivity index (χ2v) is 7.76. The Balaban J connectivity index is 1.78. The molecule has 1 aliphatic heterocycles. The molecule has 0 bridgehead atoms. The highest BCUT2D eigenvalue weighted by atomic mass is 32.1. The maximum atomic E-state index is 13.0. The number of nitrogens with one attached hydrogen (secondary N) is 1. The molecule has 1 saturated heterocycles. The minimum absolute atomic E-state index is 0.0386. The van der Waals surface area contributed by atoms with Gasteiger partial charge >= 0.3 is 6.18 Å². The summed E-state index contributed by atoms with van der Waals surface area (Å²) in [4.78, 5) is 2.39. The van der Waals surface area contributed by atoms with E-state index >= 15 is 0 Å². The first-order chi connectivity index (χ1) is 13.0. The number of nitrogens with zero attached hydrogens (tertiary/aromatic N) is 1. The molecule has 0 aliphatic carbocycles. The van der Waals surface area contributed by atoms with E-state index in [4.69, 9.17) is 0 Å². The number of thiophene rings is 1. The van der Waals surface area contributed by atoms with E-state index in [1.807, 2.05) is 12.1 Å². The molecule has 1 N–H and O–H groups in total. The second-order valence-electron chi connectivity index (χ2n) is 6.85. The van der Waals surface area contributed by atoms with Gasteiger partial charge in [-0.1, -0.05) is 30.3 Å². The molecule has 2 aromatic carbocycles. The van der Waals surface area contributed by atoms with E-state index in [0.29, 0.717) is 0 Å². The standard InChI is InChI=1S/C21H21F3N2S/c22-21(23,24)16-8-6-15(7-9-16)20(26-12-3-10-25-11-13-26)18-14-27-19-5-2-1-4-17(18)19/h1-2,4-9,14,20,25H,3,10-13H2. The SMILES string of the molecule is FC(F)(F)c1ccc(C(c2csc3ccccc23)N2CCCNCC2)cc1. The van der Waals surface area contributed by atoms with Crippen LogP contribution in [0.3, 0.4) is 0 Å². The largest absolute Gasteiger partial charge is 0.416 e. The lowest BCUT2D eigenvalue weighted by molar-refractivity contribution is -0.137. The van der Waals surface area contributed by atoms with E-state index in [2.05, 4.69) is 27.7 Å². The Morgan fingerprint density at radius 3 is 2.52 bits per heavy atom. The van der Waals surface area contributed by atoms with E-state index in [-0.39, 0.29) is 6.04 Å². The minimum Gasteiger partial charge on any atom is -0.315 e. The quantitative estimate of drug-likeness (QED) is 0.652. The van der Waals surface area contributed by atoms with Crippen LogP contribution < -0.4 is 5.32 Å². The van der Waals surface area contributed by atoms with Crippen molar-refractivity contribution in [1.82, 2.24) is 10.2 Å². The van der Waals surface area contributed by atoms with Gasteiger partial charge in [-0.15, -0.1) is 11.3 Å². The number of benzene rings is 2. The predicted octanol–water partition coefficient (Wildman–Crippen LogP) is 5.30. The van der Waals surface area contributed by atoms with E-state index in [9.17, 15) is 13.2 Å². The number of halogens is 3. The van der Waals surface area contributed by atoms with E-state index in [1.54, 1.807) is 23.5 Å². The average Bonchev–Trinajstić information content (AvgIpc) is 2.89. The Hall–Kier alpha value is -1.89. The molecule has 4 rings (SSSR count). The van der Waals surface area contributed by atoms with Crippen LogP contribution in [0.2, 0.25) is 0 Å². The summed E-state index contributed by atoms with van der Waals surface area (Å²) >= 11 is 1.69. The van der Waals surface area contributed by atoms with Gasteiger partial charge in [-0.3, -0.25) is 4.90 Å². The highest BCUT2D eigenvalue weighted by Gasteiger charge is 2.31. The zero-order chi connectivity index (χ0) is 18.9. The van der Waals surface area contributed by atoms with E-state index in [1.165, 1.54) is 27.8 Å². The van der Waals surface area contributed by atoms with Crippen molar-refractivity contribution in [3.8, 4) is 0 Å². The molecule has 1 unspecified atom stereocenters. The zero-order valence-corrected chi connectivity index (χ0v) is 15.6. The lowest BCUT2D eigenvalue weighted by atomic mass is 9.95. The molecule has 2 nitrogen and oxygen atoms in total. The second kappa shape index (κ2) is 7.62. The maximum Gasteiger partial charge on any atom is 0.416 e. The molecular formula is C21H21F3N2S. The van der Waals surface area contributed by atoms with Crippen molar-refractivity contribution in [2.45, 2.75) is 18.6 Å². The molecule has 142 valence electrons. The third-order valence-corrected chi connectivity index (χ3v) is 6.08. The normalized spacial score (nSPS) is 17.7. The molecule has 6 heteroatoms. The molecule has 2 heterocycles. The van der Waals surface area contributed by atoms with Crippen LogP contribution in [-0.4, -0.2) is 31.1 Å². The van der Waals surface area contributed by atoms with Gasteiger partial charge in [-0.05, 0) is 53.1 Å². The topological polar surface area (TPSA) is 15.3 Å². The molecule has 0 radical (unpaired) electrons. The van der Waals surface area contributed by atoms with Crippen molar-refractivity contribution in [3.05, 3.63) is 70.6 Å². The van der Waals surface area contributed by atoms with Crippen LogP contribution in [0, 0.1) is 0 Å². The number of fused-ring (bicyclic) bond motifs is 1. The Morgan fingerprint density at radius 2 is 1.74 bits per heavy atom. The number of hydrogen-bond donors (Lipinski definition) is 1. The van der Waals surface area contributed by atoms with Crippen LogP contribution in [0.5, 0.6) is 0 Å². The van der Waals surface area contributed by atoms with Crippen LogP contribution in [0.15, 0.2) is 53.9 Å². The first kappa shape index (κ1) is 18.5. The van der Waals surface area contributed by atoms with Gasteiger partial charge in [0.25, 0.3) is 0 Å². The highest BCUT2D eigenvalue weighted by molar-refractivity contribution is 7.17. The monoisotopic (exact) mass is 390 g/mol. The van der Waals surface area contributed by atoms with Crippen molar-refractivity contribution >= 4 is 21.4 Å². The summed E-state index contributed by atoms with van der Waals surface area (Å²) in [6, 6.07) is 13.9. The Bertz CT molecular complexity index is 894. The van der Waals surface area contributed by atoms with Crippen LogP contribution in [0.25, 0.3) is 10.1 Å². The molecule has 1 fully saturated rings. The van der Waals surface area contributed by atoms with Crippen molar-refractivity contribution in [1.29, 1.82) is 0 Å². The molecule has 1 aliphatic rings. The van der Waals surface area contributed by atoms with Crippen LogP contribution >= 0.6 is 11.3 Å². The van der Waals surface area contributed by atoms with E-state index < -0.39 is 11.7 Å². The number of hydrogen-bond acceptors (Lipinski definition) is 3. The summed E-state index contributed by atoms with van der Waals surface area (Å²) in [6.45, 7) is 3.65. The van der Waals surface area contributed by atoms with Crippen molar-refractivity contribution in [3.63, 3.8) is 0 Å². The van der Waals surface area contributed by atoms with Gasteiger partial charge in [0.05, 0.1) is 11.6 Å². The smallest absolute Gasteiger partial charge is 0.315 e. The van der Waals surface area contributed by atoms with Crippen molar-refractivity contribution < 1.29 is 13.2 Å². The fraction of sp³-hybridized carbons (Fsp3) is 0.333. The van der Waals surface area contributed by atoms with Gasteiger partial charge in [0, 0.05) is 24.3 Å². The van der Waals surface area contributed by atoms with Gasteiger partial charge < -0.3 is 5.32 Å². The van der Waals surface area contributed by atoms with Gasteiger partial charge in [-0.25, -0.2) is 0 Å². The summed E-state index contributed by atoms with van der Waals surface area (Å²) < 4.78 is 40.2. The summed E-state index contributed by atoms with van der Waals surface area (Å²) in [7, 11) is 0. The van der Waals surface area contributed by atoms with Gasteiger partial charge in [-0.2, -0.15) is 13.2 Å². The van der Waals surface area contributed by atoms with Gasteiger partial charge in [0.1, 0.15) is 0 Å². The van der Waals surface area contributed by atoms with E-state index in [0.717, 1.165) is 38.2 Å². The summed E-state index contributed by atoms with van der Waals surface area (Å²) in [5.41, 5.74) is 1.49. The van der Waals surface area contributed by atoms with Crippen molar-refractivity contribution in [2.24, 2.45) is 0 Å². The fourth-order valence-corrected chi connectivity index (χ4v) is 4.76. The first-order valence-corrected chi connectivity index (χ1v) is 10.00. The maximum absolute atomic E-state index is 13.0. The lowest BCUT2D eigenvalue weighted by Gasteiger charge is -2.31. The van der Waals surface area contributed by atoms with Crippen LogP contribution in [0.1, 0.15) is 29.2 Å². The number of alkyl halides is 3. The molecule has 1 atom stereocenters. The molecule has 27 heavy (non-hydrogen) atoms. The van der Waals surface area contributed by atoms with Crippen molar-refractivity contribution in [2.75, 3.05) is 26.2 Å². The Morgan fingerprint density at radius 1 is 0.963 bits per heavy atom. The minimum atomic E-state index is -4.31. The molecule has 3 aromatic rings. The van der Waals surface area contributed by atoms with Gasteiger partial charge in [0.15, 0.2) is 0 Å². The predicted molar refractivity (Wildman–Crippen MR) is 104 cm³/mol. The molecular weight excluding hydrogens is 369 g/mol. The summed E-state index contributed by atoms with van der Waals surface area (Å²) in [5, 5.41) is 6.75. The fourth-order valence-electron chi connectivity index (χ4n) is 3.78. The summed E-state index contributed by atoms with van der Waals surface area (Å²) in [5.74, 6) is 0. The first-order valence-electron chi connectivity index (χ1n) is 9.12. The Labute approximate surface area is 160 Å². The zero-order valence-electron chi connectivity index (χ0n) is 14.8. The van der Waals surface area contributed by atoms with Crippen LogP contribution in [-0.2, 0) is 6.18 Å². The average molecular weight is 390 g/mol. The summed E-state index contributed by atoms with van der Waals surface area (Å²) in [6.07, 6.45) is -3.28.